The van der Waals surface area contributed by atoms with E-state index in [2.05, 4.69) is 9.97 Å². The maximum atomic E-state index is 12.8. The quantitative estimate of drug-likeness (QED) is 0.743. The van der Waals surface area contributed by atoms with Gasteiger partial charge < -0.3 is 14.5 Å². The topological polar surface area (TPSA) is 58.6 Å². The maximum Gasteiger partial charge on any atom is 0.433 e. The van der Waals surface area contributed by atoms with Crippen molar-refractivity contribution in [1.29, 1.82) is 0 Å². The Bertz CT molecular complexity index is 958. The second-order valence-electron chi connectivity index (χ2n) is 7.91. The van der Waals surface area contributed by atoms with Crippen LogP contribution in [0, 0.1) is 12.8 Å². The summed E-state index contributed by atoms with van der Waals surface area (Å²) in [6, 6.07) is 4.61. The van der Waals surface area contributed by atoms with Crippen molar-refractivity contribution in [3.05, 3.63) is 52.6 Å². The first-order valence-electron chi connectivity index (χ1n) is 9.77. The van der Waals surface area contributed by atoms with E-state index >= 15 is 0 Å². The van der Waals surface area contributed by atoms with Gasteiger partial charge in [-0.2, -0.15) is 13.2 Å². The van der Waals surface area contributed by atoms with E-state index in [1.165, 1.54) is 6.20 Å². The second kappa shape index (κ2) is 7.86. The summed E-state index contributed by atoms with van der Waals surface area (Å²) in [5.74, 6) is 0.179. The SMILES string of the molecule is COCc1cc(C)c2c(n1)CN(C(=O)CC1CN(c3ccnc(C(F)(F)F)c3)C1)C2. The Morgan fingerprint density at radius 1 is 1.27 bits per heavy atom. The molecule has 2 aromatic heterocycles. The minimum absolute atomic E-state index is 0.0519. The van der Waals surface area contributed by atoms with E-state index in [0.29, 0.717) is 44.9 Å². The van der Waals surface area contributed by atoms with Crippen LogP contribution in [-0.4, -0.2) is 41.0 Å². The van der Waals surface area contributed by atoms with E-state index in [-0.39, 0.29) is 11.8 Å². The molecule has 4 heterocycles. The number of halogens is 3. The average Bonchev–Trinajstić information content (AvgIpc) is 3.09. The van der Waals surface area contributed by atoms with Gasteiger partial charge in [0, 0.05) is 51.0 Å². The molecule has 0 unspecified atom stereocenters. The van der Waals surface area contributed by atoms with Gasteiger partial charge in [-0.05, 0) is 36.2 Å². The van der Waals surface area contributed by atoms with Crippen LogP contribution in [0.1, 0.15) is 34.6 Å². The number of amides is 1. The number of alkyl halides is 3. The van der Waals surface area contributed by atoms with E-state index in [0.717, 1.165) is 28.6 Å². The third-order valence-corrected chi connectivity index (χ3v) is 5.64. The Kier molecular flexibility index (Phi) is 5.40. The van der Waals surface area contributed by atoms with Gasteiger partial charge in [-0.3, -0.25) is 14.8 Å². The summed E-state index contributed by atoms with van der Waals surface area (Å²) in [5.41, 5.74) is 3.56. The van der Waals surface area contributed by atoms with E-state index in [9.17, 15) is 18.0 Å². The van der Waals surface area contributed by atoms with Crippen molar-refractivity contribution < 1.29 is 22.7 Å². The number of carbonyl (C=O) groups excluding carboxylic acids is 1. The van der Waals surface area contributed by atoms with Crippen molar-refractivity contribution in [2.75, 3.05) is 25.1 Å². The Balaban J connectivity index is 1.33. The first kappa shape index (κ1) is 20.6. The fourth-order valence-corrected chi connectivity index (χ4v) is 4.07. The minimum Gasteiger partial charge on any atom is -0.378 e. The molecule has 0 spiro atoms. The summed E-state index contributed by atoms with van der Waals surface area (Å²) in [6.45, 7) is 4.61. The smallest absolute Gasteiger partial charge is 0.378 e. The zero-order valence-electron chi connectivity index (χ0n) is 16.9. The summed E-state index contributed by atoms with van der Waals surface area (Å²) in [5, 5.41) is 0. The summed E-state index contributed by atoms with van der Waals surface area (Å²) >= 11 is 0. The molecular weight excluding hydrogens is 397 g/mol. The maximum absolute atomic E-state index is 12.8. The molecule has 9 heteroatoms. The molecule has 0 radical (unpaired) electrons. The van der Waals surface area contributed by atoms with Crippen LogP contribution in [0.15, 0.2) is 24.4 Å². The summed E-state index contributed by atoms with van der Waals surface area (Å²) in [4.78, 5) is 24.4. The van der Waals surface area contributed by atoms with Crippen LogP contribution >= 0.6 is 0 Å². The Hall–Kier alpha value is -2.68. The first-order chi connectivity index (χ1) is 14.2. The Morgan fingerprint density at radius 2 is 2.03 bits per heavy atom. The standard InChI is InChI=1S/C21H23F3N4O2/c1-13-5-15(12-30-2)26-18-11-28(10-17(13)18)20(29)6-14-8-27(9-14)16-3-4-25-19(7-16)21(22,23)24/h3-5,7,14H,6,8-12H2,1-2H3. The second-order valence-corrected chi connectivity index (χ2v) is 7.91. The number of rotatable bonds is 5. The number of aromatic nitrogens is 2. The highest BCUT2D eigenvalue weighted by atomic mass is 19.4. The number of carbonyl (C=O) groups is 1. The molecule has 0 atom stereocenters. The molecule has 0 saturated carbocycles. The predicted molar refractivity (Wildman–Crippen MR) is 104 cm³/mol. The number of ether oxygens (including phenoxy) is 1. The van der Waals surface area contributed by atoms with Crippen LogP contribution in [-0.2, 0) is 35.4 Å². The molecule has 2 aliphatic rings. The third-order valence-electron chi connectivity index (χ3n) is 5.64. The van der Waals surface area contributed by atoms with Crippen molar-refractivity contribution >= 4 is 11.6 Å². The molecule has 30 heavy (non-hydrogen) atoms. The van der Waals surface area contributed by atoms with Crippen LogP contribution in [0.4, 0.5) is 18.9 Å². The van der Waals surface area contributed by atoms with Crippen molar-refractivity contribution in [3.8, 4) is 0 Å². The number of fused-ring (bicyclic) bond motifs is 1. The molecule has 160 valence electrons. The lowest BCUT2D eigenvalue weighted by Crippen LogP contribution is -2.48. The predicted octanol–water partition coefficient (Wildman–Crippen LogP) is 3.32. The van der Waals surface area contributed by atoms with Gasteiger partial charge in [-0.15, -0.1) is 0 Å². The van der Waals surface area contributed by atoms with Crippen LogP contribution in [0.5, 0.6) is 0 Å². The zero-order valence-corrected chi connectivity index (χ0v) is 16.9. The van der Waals surface area contributed by atoms with Gasteiger partial charge in [0.05, 0.1) is 24.5 Å². The van der Waals surface area contributed by atoms with Gasteiger partial charge in [0.1, 0.15) is 5.69 Å². The van der Waals surface area contributed by atoms with Crippen LogP contribution < -0.4 is 4.90 Å². The third kappa shape index (κ3) is 4.12. The fraction of sp³-hybridized carbons (Fsp3) is 0.476. The molecule has 0 bridgehead atoms. The number of methoxy groups -OCH3 is 1. The van der Waals surface area contributed by atoms with Gasteiger partial charge in [-0.25, -0.2) is 0 Å². The average molecular weight is 420 g/mol. The first-order valence-corrected chi connectivity index (χ1v) is 9.77. The molecule has 2 aliphatic heterocycles. The summed E-state index contributed by atoms with van der Waals surface area (Å²) < 4.78 is 43.7. The molecule has 1 fully saturated rings. The number of hydrogen-bond acceptors (Lipinski definition) is 5. The van der Waals surface area contributed by atoms with Crippen LogP contribution in [0.2, 0.25) is 0 Å². The molecule has 0 N–H and O–H groups in total. The zero-order chi connectivity index (χ0) is 21.5. The highest BCUT2D eigenvalue weighted by Crippen LogP contribution is 2.33. The van der Waals surface area contributed by atoms with E-state index < -0.39 is 11.9 Å². The lowest BCUT2D eigenvalue weighted by Gasteiger charge is -2.41. The van der Waals surface area contributed by atoms with Gasteiger partial charge >= 0.3 is 6.18 Å². The van der Waals surface area contributed by atoms with E-state index in [1.54, 1.807) is 18.1 Å². The molecular formula is C21H23F3N4O2. The summed E-state index contributed by atoms with van der Waals surface area (Å²) in [7, 11) is 1.62. The molecule has 1 saturated heterocycles. The molecule has 4 rings (SSSR count). The normalized spacial score (nSPS) is 16.6. The minimum atomic E-state index is -4.46. The molecule has 2 aromatic rings. The van der Waals surface area contributed by atoms with Gasteiger partial charge in [-0.1, -0.05) is 0 Å². The monoisotopic (exact) mass is 420 g/mol. The number of pyridine rings is 2. The molecule has 6 nitrogen and oxygen atoms in total. The molecule has 1 amide bonds. The van der Waals surface area contributed by atoms with E-state index in [1.807, 2.05) is 17.9 Å². The van der Waals surface area contributed by atoms with Crippen molar-refractivity contribution in [2.45, 2.75) is 39.2 Å². The van der Waals surface area contributed by atoms with Crippen molar-refractivity contribution in [2.24, 2.45) is 5.92 Å². The molecule has 0 aliphatic carbocycles. The van der Waals surface area contributed by atoms with Gasteiger partial charge in [0.2, 0.25) is 5.91 Å². The van der Waals surface area contributed by atoms with Crippen LogP contribution in [0.25, 0.3) is 0 Å². The lowest BCUT2D eigenvalue weighted by molar-refractivity contribution is -0.141. The Morgan fingerprint density at radius 3 is 2.73 bits per heavy atom. The van der Waals surface area contributed by atoms with E-state index in [4.69, 9.17) is 4.74 Å². The highest BCUT2D eigenvalue weighted by molar-refractivity contribution is 5.77. The largest absolute Gasteiger partial charge is 0.433 e. The number of nitrogens with zero attached hydrogens (tertiary/aromatic N) is 4. The van der Waals surface area contributed by atoms with Gasteiger partial charge in [0.25, 0.3) is 0 Å². The van der Waals surface area contributed by atoms with Gasteiger partial charge in [0.15, 0.2) is 0 Å². The highest BCUT2D eigenvalue weighted by Gasteiger charge is 2.36. The number of aryl methyl sites for hydroxylation is 1. The van der Waals surface area contributed by atoms with Crippen molar-refractivity contribution in [1.82, 2.24) is 14.9 Å². The fourth-order valence-electron chi connectivity index (χ4n) is 4.07. The Labute approximate surface area is 172 Å². The molecule has 0 aromatic carbocycles. The number of anilines is 1. The summed E-state index contributed by atoms with van der Waals surface area (Å²) in [6.07, 6.45) is -2.91. The lowest BCUT2D eigenvalue weighted by atomic mass is 9.95. The van der Waals surface area contributed by atoms with Crippen LogP contribution in [0.3, 0.4) is 0 Å². The number of hydrogen-bond donors (Lipinski definition) is 0. The van der Waals surface area contributed by atoms with Crippen molar-refractivity contribution in [3.63, 3.8) is 0 Å².